The molecule has 0 atom stereocenters. The number of rotatable bonds is 1. The minimum absolute atomic E-state index is 1.01. The Morgan fingerprint density at radius 3 is 2.67 bits per heavy atom. The molecule has 0 aliphatic heterocycles. The monoisotopic (exact) mass is 233 g/mol. The molecule has 1 aromatic carbocycles. The Labute approximate surface area is 104 Å². The average molecular weight is 233 g/mol. The van der Waals surface area contributed by atoms with Crippen molar-refractivity contribution in [1.82, 2.24) is 9.50 Å². The van der Waals surface area contributed by atoms with E-state index >= 15 is 0 Å². The lowest BCUT2D eigenvalue weighted by Crippen LogP contribution is -2.21. The molecule has 4 rings (SSSR count). The molecule has 0 fully saturated rings. The molecule has 86 valence electrons. The quantitative estimate of drug-likeness (QED) is 0.462. The van der Waals surface area contributed by atoms with Gasteiger partial charge in [0.1, 0.15) is 0 Å². The number of aromatic nitrogens is 3. The molecule has 3 aromatic heterocycles. The van der Waals surface area contributed by atoms with Gasteiger partial charge in [-0.3, -0.25) is 4.52 Å². The Hall–Kier alpha value is -2.55. The minimum Gasteiger partial charge on any atom is -0.493 e. The maximum Gasteiger partial charge on any atom is 0.240 e. The van der Waals surface area contributed by atoms with Crippen LogP contribution in [0.2, 0.25) is 0 Å². The zero-order chi connectivity index (χ0) is 11.9. The highest BCUT2D eigenvalue weighted by atomic mass is 15.3. The molecule has 0 amide bonds. The van der Waals surface area contributed by atoms with Crippen LogP contribution in [-0.4, -0.2) is 4.40 Å². The number of pyridine rings is 1. The molecule has 0 N–H and O–H groups in total. The van der Waals surface area contributed by atoms with Crippen molar-refractivity contribution in [3.05, 3.63) is 67.1 Å². The van der Waals surface area contributed by atoms with Gasteiger partial charge in [-0.1, -0.05) is 42.1 Å². The number of hydrogen-bond acceptors (Lipinski definition) is 0. The van der Waals surface area contributed by atoms with Crippen molar-refractivity contribution in [3.8, 4) is 11.3 Å². The maximum atomic E-state index is 4.62. The molecular weight excluding hydrogens is 222 g/mol. The topological polar surface area (TPSA) is 22.6 Å². The molecule has 3 heterocycles. The van der Waals surface area contributed by atoms with Gasteiger partial charge in [-0.2, -0.15) is 0 Å². The predicted octanol–water partition coefficient (Wildman–Crippen LogP) is 2.30. The minimum atomic E-state index is 1.01. The van der Waals surface area contributed by atoms with Crippen molar-refractivity contribution >= 4 is 11.0 Å². The van der Waals surface area contributed by atoms with E-state index in [-0.39, 0.29) is 0 Å². The van der Waals surface area contributed by atoms with Crippen LogP contribution < -0.4 is 9.61 Å². The molecule has 0 aliphatic carbocycles. The Kier molecular flexibility index (Phi) is 1.83. The Morgan fingerprint density at radius 1 is 0.944 bits per heavy atom. The summed E-state index contributed by atoms with van der Waals surface area (Å²) in [5, 5.41) is 4.62. The molecular formula is C15H11N3. The third-order valence-electron chi connectivity index (χ3n) is 3.19. The third-order valence-corrected chi connectivity index (χ3v) is 3.19. The van der Waals surface area contributed by atoms with Crippen LogP contribution in [0, 0.1) is 0 Å². The highest BCUT2D eigenvalue weighted by molar-refractivity contribution is 5.75. The Bertz CT molecular complexity index is 825. The van der Waals surface area contributed by atoms with Gasteiger partial charge in [0.05, 0.1) is 6.20 Å². The highest BCUT2D eigenvalue weighted by Crippen LogP contribution is 2.18. The van der Waals surface area contributed by atoms with E-state index in [0.717, 1.165) is 16.8 Å². The summed E-state index contributed by atoms with van der Waals surface area (Å²) in [6, 6.07) is 18.5. The normalized spacial score (nSPS) is 11.3. The summed E-state index contributed by atoms with van der Waals surface area (Å²) < 4.78 is 4.01. The first kappa shape index (κ1) is 9.48. The van der Waals surface area contributed by atoms with Gasteiger partial charge in [-0.05, 0) is 23.8 Å². The van der Waals surface area contributed by atoms with Crippen LogP contribution in [0.3, 0.4) is 0 Å². The lowest BCUT2D eigenvalue weighted by molar-refractivity contribution is -0.580. The Morgan fingerprint density at radius 2 is 1.78 bits per heavy atom. The maximum absolute atomic E-state index is 4.62. The number of fused-ring (bicyclic) bond motifs is 3. The van der Waals surface area contributed by atoms with E-state index in [9.17, 15) is 0 Å². The van der Waals surface area contributed by atoms with Gasteiger partial charge >= 0.3 is 0 Å². The van der Waals surface area contributed by atoms with E-state index < -0.39 is 0 Å². The molecule has 18 heavy (non-hydrogen) atoms. The van der Waals surface area contributed by atoms with Gasteiger partial charge in [-0.15, -0.1) is 0 Å². The third kappa shape index (κ3) is 1.27. The zero-order valence-electron chi connectivity index (χ0n) is 9.69. The van der Waals surface area contributed by atoms with Crippen molar-refractivity contribution in [2.45, 2.75) is 0 Å². The highest BCUT2D eigenvalue weighted by Gasteiger charge is 2.07. The van der Waals surface area contributed by atoms with Crippen molar-refractivity contribution in [3.63, 3.8) is 0 Å². The number of benzene rings is 1. The predicted molar refractivity (Wildman–Crippen MR) is 69.3 cm³/mol. The van der Waals surface area contributed by atoms with Crippen LogP contribution in [0.15, 0.2) is 67.1 Å². The molecule has 0 bridgehead atoms. The van der Waals surface area contributed by atoms with Gasteiger partial charge in [0, 0.05) is 0 Å². The van der Waals surface area contributed by atoms with Crippen LogP contribution in [0.4, 0.5) is 0 Å². The van der Waals surface area contributed by atoms with E-state index in [4.69, 9.17) is 0 Å². The summed E-state index contributed by atoms with van der Waals surface area (Å²) in [5.41, 5.74) is 4.47. The molecule has 0 radical (unpaired) electrons. The van der Waals surface area contributed by atoms with Gasteiger partial charge in [0.2, 0.25) is 6.33 Å². The summed E-state index contributed by atoms with van der Waals surface area (Å²) in [6.07, 6.45) is 4.03. The molecule has 0 saturated carbocycles. The summed E-state index contributed by atoms with van der Waals surface area (Å²) in [4.78, 5) is 0. The largest absolute Gasteiger partial charge is 0.493 e. The van der Waals surface area contributed by atoms with Gasteiger partial charge in [0.25, 0.3) is 0 Å². The van der Waals surface area contributed by atoms with Crippen molar-refractivity contribution in [2.75, 3.05) is 0 Å². The molecule has 0 aliphatic rings. The number of imidazole rings is 1. The zero-order valence-corrected chi connectivity index (χ0v) is 9.69. The van der Waals surface area contributed by atoms with E-state index in [0.29, 0.717) is 0 Å². The van der Waals surface area contributed by atoms with Crippen molar-refractivity contribution < 1.29 is 4.52 Å². The van der Waals surface area contributed by atoms with Crippen LogP contribution in [-0.2, 0) is 0 Å². The van der Waals surface area contributed by atoms with E-state index in [1.54, 1.807) is 0 Å². The van der Waals surface area contributed by atoms with Crippen molar-refractivity contribution in [2.24, 2.45) is 0 Å². The van der Waals surface area contributed by atoms with E-state index in [1.807, 2.05) is 47.4 Å². The second-order valence-corrected chi connectivity index (χ2v) is 4.33. The lowest BCUT2D eigenvalue weighted by Gasteiger charge is -2.02. The van der Waals surface area contributed by atoms with Gasteiger partial charge in [0.15, 0.2) is 11.0 Å². The van der Waals surface area contributed by atoms with E-state index in [1.165, 1.54) is 5.52 Å². The smallest absolute Gasteiger partial charge is 0.240 e. The average Bonchev–Trinajstić information content (AvgIpc) is 2.97. The summed E-state index contributed by atoms with van der Waals surface area (Å²) in [5.74, 6) is 0. The summed E-state index contributed by atoms with van der Waals surface area (Å²) >= 11 is 0. The first-order valence-electron chi connectivity index (χ1n) is 5.92. The first-order chi connectivity index (χ1) is 8.92. The molecule has 3 heteroatoms. The van der Waals surface area contributed by atoms with Crippen LogP contribution in [0.1, 0.15) is 0 Å². The van der Waals surface area contributed by atoms with Crippen LogP contribution >= 0.6 is 0 Å². The summed E-state index contributed by atoms with van der Waals surface area (Å²) in [6.45, 7) is 0. The number of nitrogens with zero attached hydrogens (tertiary/aromatic N) is 3. The SMILES string of the molecule is c1ccc(-c2cc3c4ccccn4c[n+]3[n-]2)cc1. The first-order valence-corrected chi connectivity index (χ1v) is 5.92. The van der Waals surface area contributed by atoms with E-state index in [2.05, 4.69) is 33.8 Å². The lowest BCUT2D eigenvalue weighted by atomic mass is 10.1. The molecule has 3 nitrogen and oxygen atoms in total. The molecule has 0 saturated heterocycles. The van der Waals surface area contributed by atoms with Gasteiger partial charge < -0.3 is 5.10 Å². The fraction of sp³-hybridized carbons (Fsp3) is 0. The molecule has 0 spiro atoms. The number of hydrogen-bond donors (Lipinski definition) is 0. The fourth-order valence-corrected chi connectivity index (χ4v) is 2.32. The van der Waals surface area contributed by atoms with Gasteiger partial charge in [-0.25, -0.2) is 4.40 Å². The fourth-order valence-electron chi connectivity index (χ4n) is 2.32. The van der Waals surface area contributed by atoms with Crippen LogP contribution in [0.25, 0.3) is 22.3 Å². The standard InChI is InChI=1S/C15H11N3/c1-2-6-12(7-3-1)13-10-15-14-8-4-5-9-17(14)11-18(15)16-13/h1-11H. The molecule has 0 unspecified atom stereocenters. The molecule has 4 aromatic rings. The van der Waals surface area contributed by atoms with Crippen LogP contribution in [0.5, 0.6) is 0 Å². The van der Waals surface area contributed by atoms with Crippen molar-refractivity contribution in [1.29, 1.82) is 0 Å². The second-order valence-electron chi connectivity index (χ2n) is 4.33. The summed E-state index contributed by atoms with van der Waals surface area (Å²) in [7, 11) is 0. The second kappa shape index (κ2) is 3.47. The Balaban J connectivity index is 2.00.